The van der Waals surface area contributed by atoms with E-state index in [4.69, 9.17) is 27.7 Å². The van der Waals surface area contributed by atoms with Crippen molar-refractivity contribution >= 4 is 29.2 Å². The van der Waals surface area contributed by atoms with E-state index in [0.29, 0.717) is 28.3 Å². The van der Waals surface area contributed by atoms with Gasteiger partial charge in [0.2, 0.25) is 0 Å². The van der Waals surface area contributed by atoms with Crippen molar-refractivity contribution in [2.45, 2.75) is 26.3 Å². The molecule has 1 aromatic carbocycles. The third kappa shape index (κ3) is 3.15. The zero-order chi connectivity index (χ0) is 13.1. The summed E-state index contributed by atoms with van der Waals surface area (Å²) in [6.07, 6.45) is 0.446. The third-order valence-electron chi connectivity index (χ3n) is 2.28. The summed E-state index contributed by atoms with van der Waals surface area (Å²) >= 11 is 12.2. The molecule has 1 N–H and O–H groups in total. The van der Waals surface area contributed by atoms with Gasteiger partial charge in [-0.1, -0.05) is 34.4 Å². The Balaban J connectivity index is 2.16. The second kappa shape index (κ2) is 5.59. The van der Waals surface area contributed by atoms with Gasteiger partial charge in [0.25, 0.3) is 0 Å². The van der Waals surface area contributed by atoms with Crippen molar-refractivity contribution in [2.75, 3.05) is 5.32 Å². The van der Waals surface area contributed by atoms with Crippen molar-refractivity contribution in [3.8, 4) is 0 Å². The van der Waals surface area contributed by atoms with Crippen LogP contribution in [0, 0.1) is 0 Å². The molecule has 0 spiro atoms. The quantitative estimate of drug-likeness (QED) is 0.929. The fourth-order valence-electron chi connectivity index (χ4n) is 1.49. The highest BCUT2D eigenvalue weighted by atomic mass is 35.5. The van der Waals surface area contributed by atoms with Crippen LogP contribution in [0.3, 0.4) is 0 Å². The number of benzene rings is 1. The van der Waals surface area contributed by atoms with Crippen molar-refractivity contribution in [1.29, 1.82) is 0 Å². The van der Waals surface area contributed by atoms with Gasteiger partial charge in [-0.05, 0) is 31.5 Å². The summed E-state index contributed by atoms with van der Waals surface area (Å²) in [6, 6.07) is 6.02. The van der Waals surface area contributed by atoms with Crippen LogP contribution in [0.25, 0.3) is 0 Å². The molecule has 0 aliphatic rings. The Kier molecular flexibility index (Phi) is 4.09. The SMILES string of the molecule is CC(C)Nc1nc(Cc2c(Cl)cccc2Cl)no1. The van der Waals surface area contributed by atoms with Crippen molar-refractivity contribution in [3.63, 3.8) is 0 Å². The molecular formula is C12H13Cl2N3O. The lowest BCUT2D eigenvalue weighted by Gasteiger charge is -2.03. The van der Waals surface area contributed by atoms with Gasteiger partial charge in [0.05, 0.1) is 0 Å². The second-order valence-electron chi connectivity index (χ2n) is 4.19. The Bertz CT molecular complexity index is 520. The fourth-order valence-corrected chi connectivity index (χ4v) is 2.02. The van der Waals surface area contributed by atoms with Gasteiger partial charge in [-0.3, -0.25) is 0 Å². The normalized spacial score (nSPS) is 10.9. The zero-order valence-corrected chi connectivity index (χ0v) is 11.6. The first kappa shape index (κ1) is 13.2. The van der Waals surface area contributed by atoms with Crippen molar-refractivity contribution < 1.29 is 4.52 Å². The minimum atomic E-state index is 0.238. The number of aromatic nitrogens is 2. The third-order valence-corrected chi connectivity index (χ3v) is 2.99. The first-order valence-electron chi connectivity index (χ1n) is 5.58. The van der Waals surface area contributed by atoms with Gasteiger partial charge in [-0.2, -0.15) is 4.98 Å². The lowest BCUT2D eigenvalue weighted by molar-refractivity contribution is 0.421. The predicted molar refractivity (Wildman–Crippen MR) is 72.3 cm³/mol. The topological polar surface area (TPSA) is 51.0 Å². The van der Waals surface area contributed by atoms with E-state index in [9.17, 15) is 0 Å². The molecule has 0 aliphatic carbocycles. The molecular weight excluding hydrogens is 273 g/mol. The van der Waals surface area contributed by atoms with Gasteiger partial charge >= 0.3 is 6.01 Å². The Morgan fingerprint density at radius 2 is 1.94 bits per heavy atom. The number of hydrogen-bond donors (Lipinski definition) is 1. The van der Waals surface area contributed by atoms with Gasteiger partial charge in [0.15, 0.2) is 5.82 Å². The van der Waals surface area contributed by atoms with Gasteiger partial charge < -0.3 is 9.84 Å². The molecule has 0 amide bonds. The molecule has 6 heteroatoms. The van der Waals surface area contributed by atoms with Crippen LogP contribution in [0.5, 0.6) is 0 Å². The van der Waals surface area contributed by atoms with E-state index in [2.05, 4.69) is 15.5 Å². The summed E-state index contributed by atoms with van der Waals surface area (Å²) in [5.41, 5.74) is 0.803. The van der Waals surface area contributed by atoms with E-state index in [-0.39, 0.29) is 6.04 Å². The summed E-state index contributed by atoms with van der Waals surface area (Å²) in [5.74, 6) is 0.549. The summed E-state index contributed by atoms with van der Waals surface area (Å²) in [5, 5.41) is 8.12. The molecule has 2 aromatic rings. The lowest BCUT2D eigenvalue weighted by atomic mass is 10.1. The molecule has 0 radical (unpaired) electrons. The number of rotatable bonds is 4. The Labute approximate surface area is 115 Å². The standard InChI is InChI=1S/C12H13Cl2N3O/c1-7(2)15-12-16-11(17-18-12)6-8-9(13)4-3-5-10(8)14/h3-5,7H,6H2,1-2H3,(H,15,16,17). The van der Waals surface area contributed by atoms with Gasteiger partial charge in [0, 0.05) is 22.5 Å². The smallest absolute Gasteiger partial charge is 0.321 e. The van der Waals surface area contributed by atoms with Crippen LogP contribution in [0.15, 0.2) is 22.7 Å². The molecule has 0 aliphatic heterocycles. The largest absolute Gasteiger partial charge is 0.336 e. The molecule has 0 atom stereocenters. The molecule has 0 saturated heterocycles. The van der Waals surface area contributed by atoms with Crippen molar-refractivity contribution in [2.24, 2.45) is 0 Å². The monoisotopic (exact) mass is 285 g/mol. The molecule has 0 unspecified atom stereocenters. The lowest BCUT2D eigenvalue weighted by Crippen LogP contribution is -2.09. The molecule has 0 fully saturated rings. The Morgan fingerprint density at radius 3 is 2.56 bits per heavy atom. The zero-order valence-electron chi connectivity index (χ0n) is 10.1. The summed E-state index contributed by atoms with van der Waals surface area (Å²) in [6.45, 7) is 3.99. The molecule has 18 heavy (non-hydrogen) atoms. The number of nitrogens with one attached hydrogen (secondary N) is 1. The molecule has 1 heterocycles. The highest BCUT2D eigenvalue weighted by molar-refractivity contribution is 6.36. The molecule has 4 nitrogen and oxygen atoms in total. The van der Waals surface area contributed by atoms with E-state index >= 15 is 0 Å². The maximum Gasteiger partial charge on any atom is 0.321 e. The minimum Gasteiger partial charge on any atom is -0.336 e. The second-order valence-corrected chi connectivity index (χ2v) is 5.01. The average molecular weight is 286 g/mol. The number of nitrogens with zero attached hydrogens (tertiary/aromatic N) is 2. The van der Waals surface area contributed by atoms with Gasteiger partial charge in [-0.15, -0.1) is 0 Å². The van der Waals surface area contributed by atoms with Gasteiger partial charge in [-0.25, -0.2) is 0 Å². The first-order chi connectivity index (χ1) is 8.56. The number of hydrogen-bond acceptors (Lipinski definition) is 4. The molecule has 0 bridgehead atoms. The van der Waals surface area contributed by atoms with Crippen molar-refractivity contribution in [3.05, 3.63) is 39.6 Å². The molecule has 2 rings (SSSR count). The van der Waals surface area contributed by atoms with Crippen molar-refractivity contribution in [1.82, 2.24) is 10.1 Å². The molecule has 1 aromatic heterocycles. The van der Waals surface area contributed by atoms with Crippen LogP contribution < -0.4 is 5.32 Å². The van der Waals surface area contributed by atoms with E-state index < -0.39 is 0 Å². The number of halogens is 2. The van der Waals surface area contributed by atoms with Crippen LogP contribution >= 0.6 is 23.2 Å². The minimum absolute atomic E-state index is 0.238. The Morgan fingerprint density at radius 1 is 1.28 bits per heavy atom. The van der Waals surface area contributed by atoms with Crippen LogP contribution in [0.1, 0.15) is 25.2 Å². The van der Waals surface area contributed by atoms with Crippen LogP contribution in [0.4, 0.5) is 6.01 Å². The summed E-state index contributed by atoms with van der Waals surface area (Å²) in [7, 11) is 0. The molecule has 96 valence electrons. The number of anilines is 1. The van der Waals surface area contributed by atoms with E-state index in [1.54, 1.807) is 18.2 Å². The summed E-state index contributed by atoms with van der Waals surface area (Å²) in [4.78, 5) is 4.22. The average Bonchev–Trinajstić information content (AvgIpc) is 2.70. The predicted octanol–water partition coefficient (Wildman–Crippen LogP) is 3.79. The van der Waals surface area contributed by atoms with Crippen LogP contribution in [0.2, 0.25) is 10.0 Å². The van der Waals surface area contributed by atoms with E-state index in [1.165, 1.54) is 0 Å². The van der Waals surface area contributed by atoms with Gasteiger partial charge in [0.1, 0.15) is 0 Å². The fraction of sp³-hybridized carbons (Fsp3) is 0.333. The van der Waals surface area contributed by atoms with E-state index in [1.807, 2.05) is 13.8 Å². The Hall–Kier alpha value is -1.26. The first-order valence-corrected chi connectivity index (χ1v) is 6.34. The van der Waals surface area contributed by atoms with Crippen LogP contribution in [-0.4, -0.2) is 16.2 Å². The highest BCUT2D eigenvalue weighted by Gasteiger charge is 2.12. The highest BCUT2D eigenvalue weighted by Crippen LogP contribution is 2.26. The molecule has 0 saturated carbocycles. The maximum atomic E-state index is 6.08. The maximum absolute atomic E-state index is 6.08. The van der Waals surface area contributed by atoms with E-state index in [0.717, 1.165) is 5.56 Å². The summed E-state index contributed by atoms with van der Waals surface area (Å²) < 4.78 is 5.07. The van der Waals surface area contributed by atoms with Crippen LogP contribution in [-0.2, 0) is 6.42 Å².